The fourth-order valence-corrected chi connectivity index (χ4v) is 3.50. The van der Waals surface area contributed by atoms with Gasteiger partial charge in [0.15, 0.2) is 0 Å². The number of likely N-dealkylation sites (tertiary alicyclic amines) is 1. The Balaban J connectivity index is 1.49. The van der Waals surface area contributed by atoms with E-state index in [2.05, 4.69) is 12.2 Å². The maximum absolute atomic E-state index is 12.5. The van der Waals surface area contributed by atoms with Crippen LogP contribution in [-0.4, -0.2) is 29.8 Å². The maximum Gasteiger partial charge on any atom is 0.226 e. The molecule has 1 N–H and O–H groups in total. The predicted molar refractivity (Wildman–Crippen MR) is 89.6 cm³/mol. The minimum Gasteiger partial charge on any atom is -0.352 e. The Bertz CT molecular complexity index is 599. The largest absolute Gasteiger partial charge is 0.352 e. The van der Waals surface area contributed by atoms with Gasteiger partial charge in [0, 0.05) is 19.6 Å². The van der Waals surface area contributed by atoms with Gasteiger partial charge in [-0.05, 0) is 43.2 Å². The molecule has 1 saturated heterocycles. The third-order valence-corrected chi connectivity index (χ3v) is 5.13. The zero-order valence-electron chi connectivity index (χ0n) is 14.0. The van der Waals surface area contributed by atoms with Crippen LogP contribution in [0.3, 0.4) is 0 Å². The standard InChI is InChI=1S/C19H26N2O2/c1-13-6-5-9-21(12-13)19(23)17-10-16(17)18(22)20-11-15-8-4-3-7-14(15)2/h3-4,7-8,13,16-17H,5-6,9-12H2,1-2H3,(H,20,22). The van der Waals surface area contributed by atoms with E-state index in [1.807, 2.05) is 36.1 Å². The summed E-state index contributed by atoms with van der Waals surface area (Å²) < 4.78 is 0. The third-order valence-electron chi connectivity index (χ3n) is 5.13. The first-order valence-corrected chi connectivity index (χ1v) is 8.67. The average Bonchev–Trinajstić information content (AvgIpc) is 3.34. The van der Waals surface area contributed by atoms with Gasteiger partial charge in [0.1, 0.15) is 0 Å². The van der Waals surface area contributed by atoms with Crippen LogP contribution in [0.2, 0.25) is 0 Å². The van der Waals surface area contributed by atoms with Crippen LogP contribution in [0.1, 0.15) is 37.3 Å². The molecule has 3 atom stereocenters. The summed E-state index contributed by atoms with van der Waals surface area (Å²) in [6.45, 7) is 6.49. The Morgan fingerprint density at radius 3 is 2.78 bits per heavy atom. The molecule has 3 unspecified atom stereocenters. The molecule has 1 aromatic carbocycles. The van der Waals surface area contributed by atoms with Gasteiger partial charge in [0.05, 0.1) is 11.8 Å². The summed E-state index contributed by atoms with van der Waals surface area (Å²) in [5, 5.41) is 2.99. The number of hydrogen-bond acceptors (Lipinski definition) is 2. The topological polar surface area (TPSA) is 49.4 Å². The molecule has 1 saturated carbocycles. The molecular weight excluding hydrogens is 288 g/mol. The van der Waals surface area contributed by atoms with Gasteiger partial charge >= 0.3 is 0 Å². The average molecular weight is 314 g/mol. The van der Waals surface area contributed by atoms with Crippen molar-refractivity contribution in [1.29, 1.82) is 0 Å². The molecule has 23 heavy (non-hydrogen) atoms. The molecule has 3 rings (SSSR count). The summed E-state index contributed by atoms with van der Waals surface area (Å²) in [4.78, 5) is 26.7. The number of piperidine rings is 1. The summed E-state index contributed by atoms with van der Waals surface area (Å²) in [5.74, 6) is 0.588. The van der Waals surface area contributed by atoms with E-state index in [1.165, 1.54) is 12.0 Å². The maximum atomic E-state index is 12.5. The van der Waals surface area contributed by atoms with Crippen LogP contribution >= 0.6 is 0 Å². The van der Waals surface area contributed by atoms with Gasteiger partial charge in [-0.1, -0.05) is 31.2 Å². The van der Waals surface area contributed by atoms with Crippen LogP contribution in [0.4, 0.5) is 0 Å². The molecular formula is C19H26N2O2. The van der Waals surface area contributed by atoms with Crippen LogP contribution in [0.25, 0.3) is 0 Å². The van der Waals surface area contributed by atoms with Gasteiger partial charge in [0.2, 0.25) is 11.8 Å². The van der Waals surface area contributed by atoms with Crippen molar-refractivity contribution in [3.63, 3.8) is 0 Å². The van der Waals surface area contributed by atoms with E-state index < -0.39 is 0 Å². The number of carbonyl (C=O) groups excluding carboxylic acids is 2. The summed E-state index contributed by atoms with van der Waals surface area (Å²) in [6, 6.07) is 8.05. The van der Waals surface area contributed by atoms with Crippen molar-refractivity contribution in [2.75, 3.05) is 13.1 Å². The van der Waals surface area contributed by atoms with E-state index in [0.29, 0.717) is 18.9 Å². The minimum atomic E-state index is -0.122. The highest BCUT2D eigenvalue weighted by molar-refractivity contribution is 5.92. The van der Waals surface area contributed by atoms with Crippen LogP contribution < -0.4 is 5.32 Å². The highest BCUT2D eigenvalue weighted by Crippen LogP contribution is 2.40. The van der Waals surface area contributed by atoms with E-state index in [9.17, 15) is 9.59 Å². The Morgan fingerprint density at radius 1 is 1.26 bits per heavy atom. The number of nitrogens with one attached hydrogen (secondary N) is 1. The Labute approximate surface area is 138 Å². The number of carbonyl (C=O) groups is 2. The lowest BCUT2D eigenvalue weighted by molar-refractivity contribution is -0.136. The molecule has 124 valence electrons. The summed E-state index contributed by atoms with van der Waals surface area (Å²) >= 11 is 0. The smallest absolute Gasteiger partial charge is 0.226 e. The normalized spacial score (nSPS) is 26.7. The van der Waals surface area contributed by atoms with Crippen molar-refractivity contribution in [3.8, 4) is 0 Å². The minimum absolute atomic E-state index is 0.0247. The second kappa shape index (κ2) is 6.73. The number of aryl methyl sites for hydroxylation is 1. The zero-order chi connectivity index (χ0) is 16.4. The molecule has 4 heteroatoms. The molecule has 2 amide bonds. The molecule has 0 spiro atoms. The molecule has 1 heterocycles. The lowest BCUT2D eigenvalue weighted by Gasteiger charge is -2.31. The molecule has 4 nitrogen and oxygen atoms in total. The number of rotatable bonds is 4. The van der Waals surface area contributed by atoms with Gasteiger partial charge in [-0.25, -0.2) is 0 Å². The predicted octanol–water partition coefficient (Wildman–Crippen LogP) is 2.51. The Hall–Kier alpha value is -1.84. The highest BCUT2D eigenvalue weighted by Gasteiger charge is 2.49. The number of benzene rings is 1. The van der Waals surface area contributed by atoms with Crippen molar-refractivity contribution in [2.24, 2.45) is 17.8 Å². The SMILES string of the molecule is Cc1ccccc1CNC(=O)C1CC1C(=O)N1CCCC(C)C1. The van der Waals surface area contributed by atoms with E-state index in [1.54, 1.807) is 0 Å². The van der Waals surface area contributed by atoms with Crippen molar-refractivity contribution < 1.29 is 9.59 Å². The van der Waals surface area contributed by atoms with E-state index in [-0.39, 0.29) is 23.7 Å². The first kappa shape index (κ1) is 16.0. The van der Waals surface area contributed by atoms with Crippen LogP contribution in [0.15, 0.2) is 24.3 Å². The first-order valence-electron chi connectivity index (χ1n) is 8.67. The van der Waals surface area contributed by atoms with Crippen LogP contribution in [0, 0.1) is 24.7 Å². The molecule has 0 radical (unpaired) electrons. The van der Waals surface area contributed by atoms with E-state index >= 15 is 0 Å². The van der Waals surface area contributed by atoms with Crippen molar-refractivity contribution >= 4 is 11.8 Å². The lowest BCUT2D eigenvalue weighted by atomic mass is 10.00. The molecule has 2 aliphatic rings. The number of amides is 2. The van der Waals surface area contributed by atoms with Gasteiger partial charge in [0.25, 0.3) is 0 Å². The molecule has 1 aromatic rings. The van der Waals surface area contributed by atoms with E-state index in [4.69, 9.17) is 0 Å². The number of nitrogens with zero attached hydrogens (tertiary/aromatic N) is 1. The Morgan fingerprint density at radius 2 is 2.04 bits per heavy atom. The summed E-state index contributed by atoms with van der Waals surface area (Å²) in [6.07, 6.45) is 3.00. The van der Waals surface area contributed by atoms with Crippen LogP contribution in [-0.2, 0) is 16.1 Å². The number of hydrogen-bond donors (Lipinski definition) is 1. The molecule has 0 aromatic heterocycles. The monoisotopic (exact) mass is 314 g/mol. The van der Waals surface area contributed by atoms with Gasteiger partial charge in [-0.3, -0.25) is 9.59 Å². The lowest BCUT2D eigenvalue weighted by Crippen LogP contribution is -2.40. The van der Waals surface area contributed by atoms with E-state index in [0.717, 1.165) is 25.1 Å². The highest BCUT2D eigenvalue weighted by atomic mass is 16.2. The molecule has 0 bridgehead atoms. The third kappa shape index (κ3) is 3.74. The van der Waals surface area contributed by atoms with Crippen molar-refractivity contribution in [3.05, 3.63) is 35.4 Å². The van der Waals surface area contributed by atoms with Gasteiger partial charge in [-0.2, -0.15) is 0 Å². The summed E-state index contributed by atoms with van der Waals surface area (Å²) in [5.41, 5.74) is 2.31. The van der Waals surface area contributed by atoms with Crippen molar-refractivity contribution in [2.45, 2.75) is 39.7 Å². The molecule has 1 aliphatic heterocycles. The van der Waals surface area contributed by atoms with Gasteiger partial charge < -0.3 is 10.2 Å². The fourth-order valence-electron chi connectivity index (χ4n) is 3.50. The quantitative estimate of drug-likeness (QED) is 0.928. The Kier molecular flexibility index (Phi) is 4.69. The second-order valence-corrected chi connectivity index (χ2v) is 7.12. The second-order valence-electron chi connectivity index (χ2n) is 7.12. The van der Waals surface area contributed by atoms with Gasteiger partial charge in [-0.15, -0.1) is 0 Å². The fraction of sp³-hybridized carbons (Fsp3) is 0.579. The van der Waals surface area contributed by atoms with Crippen LogP contribution in [0.5, 0.6) is 0 Å². The zero-order valence-corrected chi connectivity index (χ0v) is 14.0. The summed E-state index contributed by atoms with van der Waals surface area (Å²) in [7, 11) is 0. The molecule has 1 aliphatic carbocycles. The first-order chi connectivity index (χ1) is 11.1. The molecule has 2 fully saturated rings. The van der Waals surface area contributed by atoms with Crippen molar-refractivity contribution in [1.82, 2.24) is 10.2 Å².